The van der Waals surface area contributed by atoms with Gasteiger partial charge in [-0.1, -0.05) is 33.1 Å². The Morgan fingerprint density at radius 2 is 1.75 bits per heavy atom. The first-order valence-corrected chi connectivity index (χ1v) is 5.58. The van der Waals surface area contributed by atoms with E-state index in [-0.39, 0.29) is 0 Å². The van der Waals surface area contributed by atoms with Gasteiger partial charge >= 0.3 is 0 Å². The fraction of sp³-hybridized carbons (Fsp3) is 1.00. The molecule has 0 spiro atoms. The molecule has 0 radical (unpaired) electrons. The number of hydrogen-bond donors (Lipinski definition) is 1. The average molecular weight is 169 g/mol. The van der Waals surface area contributed by atoms with Crippen LogP contribution in [0.3, 0.4) is 0 Å². The molecule has 1 fully saturated rings. The Balaban J connectivity index is 2.35. The van der Waals surface area contributed by atoms with Crippen LogP contribution in [0.2, 0.25) is 0 Å². The number of nitrogens with one attached hydrogen (secondary N) is 1. The van der Waals surface area contributed by atoms with Crippen molar-refractivity contribution in [3.63, 3.8) is 0 Å². The molecule has 1 nitrogen and oxygen atoms in total. The number of rotatable bonds is 5. The monoisotopic (exact) mass is 169 g/mol. The third kappa shape index (κ3) is 2.48. The second kappa shape index (κ2) is 4.86. The van der Waals surface area contributed by atoms with Gasteiger partial charge in [-0.25, -0.2) is 0 Å². The molecule has 1 rings (SSSR count). The molecule has 1 N–H and O–H groups in total. The average Bonchev–Trinajstić information content (AvgIpc) is 2.51. The van der Waals surface area contributed by atoms with Crippen molar-refractivity contribution in [3.05, 3.63) is 0 Å². The van der Waals surface area contributed by atoms with Crippen LogP contribution in [-0.4, -0.2) is 12.1 Å². The van der Waals surface area contributed by atoms with Crippen LogP contribution >= 0.6 is 0 Å². The Bertz CT molecular complexity index is 114. The van der Waals surface area contributed by atoms with Gasteiger partial charge in [-0.15, -0.1) is 0 Å². The zero-order valence-corrected chi connectivity index (χ0v) is 8.66. The first-order valence-electron chi connectivity index (χ1n) is 5.58. The third-order valence-corrected chi connectivity index (χ3v) is 3.04. The highest BCUT2D eigenvalue weighted by atomic mass is 15.0. The minimum absolute atomic E-state index is 0.546. The van der Waals surface area contributed by atoms with E-state index in [4.69, 9.17) is 0 Å². The van der Waals surface area contributed by atoms with E-state index in [2.05, 4.69) is 19.2 Å². The molecule has 12 heavy (non-hydrogen) atoms. The molecule has 0 heterocycles. The van der Waals surface area contributed by atoms with E-state index >= 15 is 0 Å². The zero-order chi connectivity index (χ0) is 8.86. The minimum atomic E-state index is 0.546. The van der Waals surface area contributed by atoms with Crippen LogP contribution in [0.1, 0.15) is 58.8 Å². The maximum absolute atomic E-state index is 3.75. The van der Waals surface area contributed by atoms with Crippen molar-refractivity contribution in [2.24, 2.45) is 0 Å². The standard InChI is InChI=1S/C11H23N/c1-3-7-11(12-10-4-2)8-5-6-9-11/h12H,3-10H2,1-2H3. The zero-order valence-electron chi connectivity index (χ0n) is 8.66. The Kier molecular flexibility index (Phi) is 4.07. The summed E-state index contributed by atoms with van der Waals surface area (Å²) in [5.41, 5.74) is 0.546. The molecule has 1 saturated carbocycles. The topological polar surface area (TPSA) is 12.0 Å². The van der Waals surface area contributed by atoms with Crippen molar-refractivity contribution < 1.29 is 0 Å². The van der Waals surface area contributed by atoms with Gasteiger partial charge < -0.3 is 5.32 Å². The summed E-state index contributed by atoms with van der Waals surface area (Å²) >= 11 is 0. The molecule has 0 saturated heterocycles. The van der Waals surface area contributed by atoms with Crippen molar-refractivity contribution in [2.75, 3.05) is 6.54 Å². The molecule has 1 heteroatoms. The molecular weight excluding hydrogens is 146 g/mol. The molecule has 0 amide bonds. The number of hydrogen-bond acceptors (Lipinski definition) is 1. The smallest absolute Gasteiger partial charge is 0.0181 e. The highest BCUT2D eigenvalue weighted by molar-refractivity contribution is 4.91. The predicted molar refractivity (Wildman–Crippen MR) is 54.4 cm³/mol. The van der Waals surface area contributed by atoms with Crippen LogP contribution < -0.4 is 5.32 Å². The van der Waals surface area contributed by atoms with Crippen LogP contribution in [0.25, 0.3) is 0 Å². The molecule has 1 aliphatic carbocycles. The second-order valence-corrected chi connectivity index (χ2v) is 4.16. The van der Waals surface area contributed by atoms with Crippen molar-refractivity contribution in [2.45, 2.75) is 64.3 Å². The maximum Gasteiger partial charge on any atom is 0.0181 e. The van der Waals surface area contributed by atoms with Gasteiger partial charge in [0.1, 0.15) is 0 Å². The first kappa shape index (κ1) is 10.0. The second-order valence-electron chi connectivity index (χ2n) is 4.16. The molecule has 0 aromatic heterocycles. The molecule has 0 bridgehead atoms. The SMILES string of the molecule is CCCNC1(CCC)CCCC1. The lowest BCUT2D eigenvalue weighted by molar-refractivity contribution is 0.306. The minimum Gasteiger partial charge on any atom is -0.311 e. The largest absolute Gasteiger partial charge is 0.311 e. The fourth-order valence-corrected chi connectivity index (χ4v) is 2.44. The summed E-state index contributed by atoms with van der Waals surface area (Å²) in [6.45, 7) is 5.76. The summed E-state index contributed by atoms with van der Waals surface area (Å²) in [6.07, 6.45) is 9.70. The Labute approximate surface area is 76.9 Å². The summed E-state index contributed by atoms with van der Waals surface area (Å²) in [6, 6.07) is 0. The van der Waals surface area contributed by atoms with E-state index in [1.807, 2.05) is 0 Å². The van der Waals surface area contributed by atoms with Crippen molar-refractivity contribution >= 4 is 0 Å². The normalized spacial score (nSPS) is 21.5. The van der Waals surface area contributed by atoms with Gasteiger partial charge in [0.05, 0.1) is 0 Å². The van der Waals surface area contributed by atoms with E-state index in [0.717, 1.165) is 0 Å². The lowest BCUT2D eigenvalue weighted by atomic mass is 9.92. The third-order valence-electron chi connectivity index (χ3n) is 3.04. The molecular formula is C11H23N. The molecule has 0 atom stereocenters. The highest BCUT2D eigenvalue weighted by Crippen LogP contribution is 2.33. The van der Waals surface area contributed by atoms with Crippen molar-refractivity contribution in [1.29, 1.82) is 0 Å². The van der Waals surface area contributed by atoms with Crippen LogP contribution in [0.15, 0.2) is 0 Å². The highest BCUT2D eigenvalue weighted by Gasteiger charge is 2.31. The lowest BCUT2D eigenvalue weighted by Crippen LogP contribution is -2.42. The summed E-state index contributed by atoms with van der Waals surface area (Å²) < 4.78 is 0. The first-order chi connectivity index (χ1) is 5.83. The van der Waals surface area contributed by atoms with E-state index in [1.54, 1.807) is 0 Å². The molecule has 0 unspecified atom stereocenters. The summed E-state index contributed by atoms with van der Waals surface area (Å²) in [7, 11) is 0. The van der Waals surface area contributed by atoms with E-state index in [9.17, 15) is 0 Å². The molecule has 0 aromatic carbocycles. The van der Waals surface area contributed by atoms with Crippen LogP contribution in [0.5, 0.6) is 0 Å². The predicted octanol–water partition coefficient (Wildman–Crippen LogP) is 3.10. The molecule has 72 valence electrons. The fourth-order valence-electron chi connectivity index (χ4n) is 2.44. The van der Waals surface area contributed by atoms with Crippen LogP contribution in [0, 0.1) is 0 Å². The Hall–Kier alpha value is -0.0400. The van der Waals surface area contributed by atoms with Crippen LogP contribution in [-0.2, 0) is 0 Å². The van der Waals surface area contributed by atoms with Gasteiger partial charge in [-0.3, -0.25) is 0 Å². The van der Waals surface area contributed by atoms with Gasteiger partial charge in [0.25, 0.3) is 0 Å². The lowest BCUT2D eigenvalue weighted by Gasteiger charge is -2.30. The van der Waals surface area contributed by atoms with Crippen LogP contribution in [0.4, 0.5) is 0 Å². The maximum atomic E-state index is 3.75. The summed E-state index contributed by atoms with van der Waals surface area (Å²) in [4.78, 5) is 0. The molecule has 0 aliphatic heterocycles. The quantitative estimate of drug-likeness (QED) is 0.667. The van der Waals surface area contributed by atoms with E-state index < -0.39 is 0 Å². The van der Waals surface area contributed by atoms with E-state index in [0.29, 0.717) is 5.54 Å². The van der Waals surface area contributed by atoms with E-state index in [1.165, 1.54) is 51.5 Å². The summed E-state index contributed by atoms with van der Waals surface area (Å²) in [5.74, 6) is 0. The molecule has 0 aromatic rings. The molecule has 1 aliphatic rings. The van der Waals surface area contributed by atoms with Crippen molar-refractivity contribution in [1.82, 2.24) is 5.32 Å². The van der Waals surface area contributed by atoms with Gasteiger partial charge in [0.15, 0.2) is 0 Å². The Morgan fingerprint density at radius 1 is 1.08 bits per heavy atom. The van der Waals surface area contributed by atoms with Gasteiger partial charge in [-0.05, 0) is 32.2 Å². The van der Waals surface area contributed by atoms with Crippen molar-refractivity contribution in [3.8, 4) is 0 Å². The Morgan fingerprint density at radius 3 is 2.25 bits per heavy atom. The summed E-state index contributed by atoms with van der Waals surface area (Å²) in [5, 5.41) is 3.75. The van der Waals surface area contributed by atoms with Gasteiger partial charge in [0.2, 0.25) is 0 Å². The van der Waals surface area contributed by atoms with Gasteiger partial charge in [0, 0.05) is 5.54 Å². The van der Waals surface area contributed by atoms with Gasteiger partial charge in [-0.2, -0.15) is 0 Å².